The van der Waals surface area contributed by atoms with Gasteiger partial charge < -0.3 is 10.0 Å². The minimum Gasteiger partial charge on any atom is -0.384 e. The molecule has 0 aliphatic rings. The van der Waals surface area contributed by atoms with E-state index in [1.165, 1.54) is 12.4 Å². The smallest absolute Gasteiger partial charge is 0.255 e. The summed E-state index contributed by atoms with van der Waals surface area (Å²) in [5.74, 6) is 5.38. The molecule has 1 aromatic heterocycles. The van der Waals surface area contributed by atoms with Gasteiger partial charge in [-0.3, -0.25) is 4.79 Å². The topological polar surface area (TPSA) is 66.3 Å². The average molecular weight is 281 g/mol. The molecule has 0 aliphatic carbocycles. The van der Waals surface area contributed by atoms with Crippen molar-refractivity contribution in [3.63, 3.8) is 0 Å². The molecule has 0 aliphatic heterocycles. The third-order valence-corrected chi connectivity index (χ3v) is 2.90. The predicted octanol–water partition coefficient (Wildman–Crippen LogP) is 1.09. The first kappa shape index (κ1) is 14.7. The Labute approximate surface area is 123 Å². The molecule has 2 rings (SSSR count). The second kappa shape index (κ2) is 7.17. The first-order chi connectivity index (χ1) is 10.2. The zero-order valence-electron chi connectivity index (χ0n) is 11.7. The van der Waals surface area contributed by atoms with Crippen LogP contribution in [0.15, 0.2) is 42.7 Å². The maximum Gasteiger partial charge on any atom is 0.255 e. The first-order valence-electron chi connectivity index (χ1n) is 6.42. The van der Waals surface area contributed by atoms with E-state index in [-0.39, 0.29) is 12.5 Å². The van der Waals surface area contributed by atoms with Gasteiger partial charge in [0.15, 0.2) is 0 Å². The Morgan fingerprint density at radius 1 is 1.29 bits per heavy atom. The van der Waals surface area contributed by atoms with Crippen LogP contribution in [0.2, 0.25) is 0 Å². The summed E-state index contributed by atoms with van der Waals surface area (Å²) in [5, 5.41) is 16.1. The number of hydrogen-bond donors (Lipinski definition) is 1. The van der Waals surface area contributed by atoms with Crippen molar-refractivity contribution in [2.24, 2.45) is 0 Å². The molecule has 0 radical (unpaired) electrons. The fourth-order valence-electron chi connectivity index (χ4n) is 1.88. The highest BCUT2D eigenvalue weighted by atomic mass is 16.2. The van der Waals surface area contributed by atoms with E-state index < -0.39 is 0 Å². The van der Waals surface area contributed by atoms with Crippen LogP contribution in [-0.2, 0) is 6.54 Å². The van der Waals surface area contributed by atoms with Crippen molar-refractivity contribution in [2.75, 3.05) is 13.7 Å². The summed E-state index contributed by atoms with van der Waals surface area (Å²) in [6, 6.07) is 9.18. The molecule has 0 atom stereocenters. The summed E-state index contributed by atoms with van der Waals surface area (Å²) in [6.45, 7) is 0.239. The number of rotatable bonds is 3. The van der Waals surface area contributed by atoms with E-state index in [1.54, 1.807) is 18.0 Å². The molecule has 1 N–H and O–H groups in total. The van der Waals surface area contributed by atoms with E-state index >= 15 is 0 Å². The Bertz CT molecular complexity index is 675. The second-order valence-corrected chi connectivity index (χ2v) is 4.41. The molecule has 0 spiro atoms. The molecule has 1 aromatic carbocycles. The van der Waals surface area contributed by atoms with Gasteiger partial charge in [-0.15, -0.1) is 0 Å². The van der Waals surface area contributed by atoms with Gasteiger partial charge in [-0.05, 0) is 17.7 Å². The van der Waals surface area contributed by atoms with Crippen molar-refractivity contribution in [1.82, 2.24) is 15.1 Å². The van der Waals surface area contributed by atoms with Crippen LogP contribution in [0.4, 0.5) is 0 Å². The summed E-state index contributed by atoms with van der Waals surface area (Å²) < 4.78 is 0. The van der Waals surface area contributed by atoms with Crippen LogP contribution in [-0.4, -0.2) is 39.8 Å². The number of hydrogen-bond acceptors (Lipinski definition) is 4. The molecule has 5 nitrogen and oxygen atoms in total. The highest BCUT2D eigenvalue weighted by Crippen LogP contribution is 2.11. The van der Waals surface area contributed by atoms with E-state index in [4.69, 9.17) is 5.11 Å². The summed E-state index contributed by atoms with van der Waals surface area (Å²) >= 11 is 0. The molecule has 0 bridgehead atoms. The number of nitrogens with zero attached hydrogens (tertiary/aromatic N) is 3. The Morgan fingerprint density at radius 2 is 2.10 bits per heavy atom. The van der Waals surface area contributed by atoms with Crippen LogP contribution in [0.1, 0.15) is 21.5 Å². The molecule has 0 unspecified atom stereocenters. The highest BCUT2D eigenvalue weighted by Gasteiger charge is 2.13. The van der Waals surface area contributed by atoms with Crippen molar-refractivity contribution in [3.05, 3.63) is 59.4 Å². The van der Waals surface area contributed by atoms with Crippen LogP contribution in [0.25, 0.3) is 0 Å². The molecule has 5 heteroatoms. The Kier molecular flexibility index (Phi) is 5.02. The van der Waals surface area contributed by atoms with E-state index in [0.29, 0.717) is 12.1 Å². The molecule has 0 saturated carbocycles. The number of aliphatic hydroxyl groups excluding tert-OH is 1. The van der Waals surface area contributed by atoms with Gasteiger partial charge in [0.05, 0.1) is 18.0 Å². The third kappa shape index (κ3) is 3.88. The van der Waals surface area contributed by atoms with Gasteiger partial charge in [0.1, 0.15) is 6.61 Å². The summed E-state index contributed by atoms with van der Waals surface area (Å²) in [6.07, 6.45) is 2.93. The number of benzene rings is 1. The molecular formula is C16H15N3O2. The molecule has 2 aromatic rings. The molecule has 1 amide bonds. The second-order valence-electron chi connectivity index (χ2n) is 4.41. The lowest BCUT2D eigenvalue weighted by molar-refractivity contribution is 0.0784. The van der Waals surface area contributed by atoms with Crippen LogP contribution < -0.4 is 0 Å². The molecule has 1 heterocycles. The minimum atomic E-state index is -0.189. The largest absolute Gasteiger partial charge is 0.384 e. The quantitative estimate of drug-likeness (QED) is 0.855. The first-order valence-corrected chi connectivity index (χ1v) is 6.42. The molecule has 106 valence electrons. The van der Waals surface area contributed by atoms with Gasteiger partial charge in [0.25, 0.3) is 5.91 Å². The Hall–Kier alpha value is -2.71. The Balaban J connectivity index is 2.16. The number of carbonyl (C=O) groups excluding carboxylic acids is 1. The van der Waals surface area contributed by atoms with Gasteiger partial charge in [-0.25, -0.2) is 0 Å². The lowest BCUT2D eigenvalue weighted by Gasteiger charge is -2.18. The highest BCUT2D eigenvalue weighted by molar-refractivity contribution is 5.93. The third-order valence-electron chi connectivity index (χ3n) is 2.90. The fraction of sp³-hybridized carbons (Fsp3) is 0.188. The SMILES string of the molecule is CN(Cc1ccccc1C#CCO)C(=O)c1ccnnc1. The maximum absolute atomic E-state index is 12.3. The lowest BCUT2D eigenvalue weighted by atomic mass is 10.1. The fourth-order valence-corrected chi connectivity index (χ4v) is 1.88. The van der Waals surface area contributed by atoms with E-state index in [0.717, 1.165) is 11.1 Å². The van der Waals surface area contributed by atoms with Crippen molar-refractivity contribution < 1.29 is 9.90 Å². The monoisotopic (exact) mass is 281 g/mol. The van der Waals surface area contributed by atoms with E-state index in [1.807, 2.05) is 24.3 Å². The van der Waals surface area contributed by atoms with Gasteiger partial charge in [-0.2, -0.15) is 10.2 Å². The molecule has 0 saturated heterocycles. The molecule has 21 heavy (non-hydrogen) atoms. The Morgan fingerprint density at radius 3 is 2.81 bits per heavy atom. The van der Waals surface area contributed by atoms with Crippen molar-refractivity contribution in [2.45, 2.75) is 6.54 Å². The van der Waals surface area contributed by atoms with Crippen molar-refractivity contribution in [1.29, 1.82) is 0 Å². The number of carbonyl (C=O) groups is 1. The predicted molar refractivity (Wildman–Crippen MR) is 78.2 cm³/mol. The standard InChI is InChI=1S/C16H15N3O2/c1-19(16(21)14-8-9-17-18-11-14)12-15-6-3-2-5-13(15)7-4-10-20/h2-3,5-6,8-9,11,20H,10,12H2,1H3. The molecular weight excluding hydrogens is 266 g/mol. The van der Waals surface area contributed by atoms with Crippen molar-refractivity contribution >= 4 is 5.91 Å². The van der Waals surface area contributed by atoms with Gasteiger partial charge in [0, 0.05) is 19.2 Å². The average Bonchev–Trinajstić information content (AvgIpc) is 2.54. The van der Waals surface area contributed by atoms with Crippen LogP contribution in [0.3, 0.4) is 0 Å². The van der Waals surface area contributed by atoms with E-state index in [9.17, 15) is 4.79 Å². The van der Waals surface area contributed by atoms with Crippen molar-refractivity contribution in [3.8, 4) is 11.8 Å². The zero-order valence-corrected chi connectivity index (χ0v) is 11.7. The summed E-state index contributed by atoms with van der Waals surface area (Å²) in [7, 11) is 1.72. The summed E-state index contributed by atoms with van der Waals surface area (Å²) in [4.78, 5) is 13.9. The van der Waals surface area contributed by atoms with Crippen LogP contribution in [0.5, 0.6) is 0 Å². The van der Waals surface area contributed by atoms with Gasteiger partial charge in [-0.1, -0.05) is 30.0 Å². The zero-order chi connectivity index (χ0) is 15.1. The maximum atomic E-state index is 12.3. The van der Waals surface area contributed by atoms with Crippen LogP contribution >= 0.6 is 0 Å². The number of aliphatic hydroxyl groups is 1. The van der Waals surface area contributed by atoms with E-state index in [2.05, 4.69) is 22.0 Å². The summed E-state index contributed by atoms with van der Waals surface area (Å²) in [5.41, 5.74) is 2.22. The van der Waals surface area contributed by atoms with Gasteiger partial charge in [0.2, 0.25) is 0 Å². The number of amides is 1. The lowest BCUT2D eigenvalue weighted by Crippen LogP contribution is -2.26. The van der Waals surface area contributed by atoms with Crippen LogP contribution in [0, 0.1) is 11.8 Å². The molecule has 0 fully saturated rings. The normalized spacial score (nSPS) is 9.62. The number of aromatic nitrogens is 2. The van der Waals surface area contributed by atoms with Gasteiger partial charge >= 0.3 is 0 Å². The minimum absolute atomic E-state index is 0.130.